The number of hydrogen-bond donors (Lipinski definition) is 0. The van der Waals surface area contributed by atoms with Crippen LogP contribution in [-0.2, 0) is 4.74 Å². The van der Waals surface area contributed by atoms with E-state index in [9.17, 15) is 4.79 Å². The molecule has 0 aromatic heterocycles. The number of piperidine rings is 1. The van der Waals surface area contributed by atoms with Crippen molar-refractivity contribution in [1.29, 1.82) is 5.26 Å². The molecule has 2 fully saturated rings. The SMILES string of the molecule is COCC1CC2(CCN(C(=O)c3cccc(C#N)c3)CC2)CN1C(C)C. The fourth-order valence-corrected chi connectivity index (χ4v) is 4.60. The van der Waals surface area contributed by atoms with Crippen LogP contribution in [0.2, 0.25) is 0 Å². The van der Waals surface area contributed by atoms with E-state index in [4.69, 9.17) is 10.00 Å². The van der Waals surface area contributed by atoms with Crippen LogP contribution < -0.4 is 0 Å². The monoisotopic (exact) mass is 355 g/mol. The van der Waals surface area contributed by atoms with Gasteiger partial charge in [-0.15, -0.1) is 0 Å². The normalized spacial score (nSPS) is 22.7. The first-order valence-electron chi connectivity index (χ1n) is 9.52. The summed E-state index contributed by atoms with van der Waals surface area (Å²) in [5.41, 5.74) is 1.46. The zero-order valence-corrected chi connectivity index (χ0v) is 16.1. The highest BCUT2D eigenvalue weighted by molar-refractivity contribution is 5.94. The largest absolute Gasteiger partial charge is 0.383 e. The molecule has 2 aliphatic rings. The van der Waals surface area contributed by atoms with Gasteiger partial charge >= 0.3 is 0 Å². The number of likely N-dealkylation sites (tertiary alicyclic amines) is 2. The van der Waals surface area contributed by atoms with Crippen molar-refractivity contribution < 1.29 is 9.53 Å². The van der Waals surface area contributed by atoms with Crippen LogP contribution in [0.15, 0.2) is 24.3 Å². The van der Waals surface area contributed by atoms with Crippen molar-refractivity contribution in [3.05, 3.63) is 35.4 Å². The van der Waals surface area contributed by atoms with Crippen molar-refractivity contribution in [2.75, 3.05) is 33.4 Å². The average Bonchev–Trinajstić information content (AvgIpc) is 3.00. The summed E-state index contributed by atoms with van der Waals surface area (Å²) in [6.07, 6.45) is 3.24. The predicted octanol–water partition coefficient (Wildman–Crippen LogP) is 2.91. The molecule has 0 bridgehead atoms. The number of ether oxygens (including phenoxy) is 1. The molecule has 1 aromatic rings. The second-order valence-electron chi connectivity index (χ2n) is 8.06. The van der Waals surface area contributed by atoms with Crippen LogP contribution in [0.1, 0.15) is 49.0 Å². The highest BCUT2D eigenvalue weighted by Crippen LogP contribution is 2.44. The summed E-state index contributed by atoms with van der Waals surface area (Å²) in [6, 6.07) is 10.1. The predicted molar refractivity (Wildman–Crippen MR) is 101 cm³/mol. The molecule has 2 heterocycles. The van der Waals surface area contributed by atoms with Gasteiger partial charge in [0.05, 0.1) is 18.2 Å². The molecule has 5 heteroatoms. The van der Waals surface area contributed by atoms with Gasteiger partial charge in [-0.1, -0.05) is 6.07 Å². The number of nitrogens with zero attached hydrogens (tertiary/aromatic N) is 3. The molecule has 1 spiro atoms. The van der Waals surface area contributed by atoms with E-state index in [1.54, 1.807) is 31.4 Å². The maximum Gasteiger partial charge on any atom is 0.253 e. The van der Waals surface area contributed by atoms with Gasteiger partial charge in [0.25, 0.3) is 5.91 Å². The summed E-state index contributed by atoms with van der Waals surface area (Å²) < 4.78 is 5.45. The van der Waals surface area contributed by atoms with Gasteiger partial charge < -0.3 is 9.64 Å². The Morgan fingerprint density at radius 2 is 2.12 bits per heavy atom. The third-order valence-corrected chi connectivity index (χ3v) is 6.03. The van der Waals surface area contributed by atoms with E-state index in [0.717, 1.165) is 45.5 Å². The van der Waals surface area contributed by atoms with E-state index in [2.05, 4.69) is 24.8 Å². The Morgan fingerprint density at radius 1 is 1.38 bits per heavy atom. The molecule has 5 nitrogen and oxygen atoms in total. The molecule has 0 saturated carbocycles. The summed E-state index contributed by atoms with van der Waals surface area (Å²) in [5, 5.41) is 9.04. The molecule has 0 aliphatic carbocycles. The molecule has 1 amide bonds. The number of nitriles is 1. The minimum atomic E-state index is 0.0455. The van der Waals surface area contributed by atoms with Crippen molar-refractivity contribution in [2.24, 2.45) is 5.41 Å². The summed E-state index contributed by atoms with van der Waals surface area (Å²) in [4.78, 5) is 17.3. The number of methoxy groups -OCH3 is 1. The molecule has 1 atom stereocenters. The van der Waals surface area contributed by atoms with Crippen molar-refractivity contribution in [2.45, 2.75) is 45.2 Å². The smallest absolute Gasteiger partial charge is 0.253 e. The van der Waals surface area contributed by atoms with Gasteiger partial charge in [-0.2, -0.15) is 5.26 Å². The maximum atomic E-state index is 12.8. The zero-order chi connectivity index (χ0) is 18.7. The Hall–Kier alpha value is -1.90. The molecular formula is C21H29N3O2. The zero-order valence-electron chi connectivity index (χ0n) is 16.1. The molecule has 1 unspecified atom stereocenters. The van der Waals surface area contributed by atoms with E-state index >= 15 is 0 Å². The van der Waals surface area contributed by atoms with Crippen LogP contribution >= 0.6 is 0 Å². The highest BCUT2D eigenvalue weighted by Gasteiger charge is 2.46. The lowest BCUT2D eigenvalue weighted by atomic mass is 9.76. The number of carbonyl (C=O) groups is 1. The van der Waals surface area contributed by atoms with Gasteiger partial charge in [-0.3, -0.25) is 9.69 Å². The van der Waals surface area contributed by atoms with Gasteiger partial charge in [0.15, 0.2) is 0 Å². The van der Waals surface area contributed by atoms with E-state index in [1.807, 2.05) is 4.90 Å². The number of rotatable bonds is 4. The minimum absolute atomic E-state index is 0.0455. The lowest BCUT2D eigenvalue weighted by molar-refractivity contribution is 0.0582. The van der Waals surface area contributed by atoms with Crippen LogP contribution in [0.4, 0.5) is 0 Å². The Bertz CT molecular complexity index is 687. The van der Waals surface area contributed by atoms with E-state index in [1.165, 1.54) is 0 Å². The lowest BCUT2D eigenvalue weighted by Gasteiger charge is -2.39. The summed E-state index contributed by atoms with van der Waals surface area (Å²) in [6.45, 7) is 7.97. The van der Waals surface area contributed by atoms with Gasteiger partial charge in [0.2, 0.25) is 0 Å². The van der Waals surface area contributed by atoms with Gasteiger partial charge in [-0.05, 0) is 56.7 Å². The van der Waals surface area contributed by atoms with Crippen LogP contribution in [0.5, 0.6) is 0 Å². The second-order valence-corrected chi connectivity index (χ2v) is 8.06. The first-order valence-corrected chi connectivity index (χ1v) is 9.52. The minimum Gasteiger partial charge on any atom is -0.383 e. The maximum absolute atomic E-state index is 12.8. The van der Waals surface area contributed by atoms with Crippen LogP contribution in [-0.4, -0.2) is 61.1 Å². The van der Waals surface area contributed by atoms with Gasteiger partial charge in [-0.25, -0.2) is 0 Å². The molecule has 1 aromatic carbocycles. The van der Waals surface area contributed by atoms with E-state index in [0.29, 0.717) is 28.6 Å². The van der Waals surface area contributed by atoms with Crippen molar-refractivity contribution in [3.8, 4) is 6.07 Å². The summed E-state index contributed by atoms with van der Waals surface area (Å²) in [7, 11) is 1.78. The number of amides is 1. The first-order chi connectivity index (χ1) is 12.5. The van der Waals surface area contributed by atoms with Crippen LogP contribution in [0.25, 0.3) is 0 Å². The fraction of sp³-hybridized carbons (Fsp3) is 0.619. The van der Waals surface area contributed by atoms with Crippen molar-refractivity contribution in [1.82, 2.24) is 9.80 Å². The lowest BCUT2D eigenvalue weighted by Crippen LogP contribution is -2.44. The Labute approximate surface area is 156 Å². The number of benzene rings is 1. The summed E-state index contributed by atoms with van der Waals surface area (Å²) in [5.74, 6) is 0.0455. The molecule has 2 aliphatic heterocycles. The molecule has 140 valence electrons. The van der Waals surface area contributed by atoms with Gasteiger partial charge in [0.1, 0.15) is 0 Å². The molecule has 26 heavy (non-hydrogen) atoms. The quantitative estimate of drug-likeness (QED) is 0.833. The highest BCUT2D eigenvalue weighted by atomic mass is 16.5. The number of carbonyl (C=O) groups excluding carboxylic acids is 1. The topological polar surface area (TPSA) is 56.6 Å². The first kappa shape index (κ1) is 18.9. The van der Waals surface area contributed by atoms with Crippen LogP contribution in [0, 0.1) is 16.7 Å². The van der Waals surface area contributed by atoms with Crippen molar-refractivity contribution >= 4 is 5.91 Å². The van der Waals surface area contributed by atoms with E-state index < -0.39 is 0 Å². The molecule has 2 saturated heterocycles. The van der Waals surface area contributed by atoms with E-state index in [-0.39, 0.29) is 5.91 Å². The van der Waals surface area contributed by atoms with Gasteiger partial charge in [0, 0.05) is 44.4 Å². The Balaban J connectivity index is 1.65. The molecular weight excluding hydrogens is 326 g/mol. The Morgan fingerprint density at radius 3 is 2.73 bits per heavy atom. The third-order valence-electron chi connectivity index (χ3n) is 6.03. The fourth-order valence-electron chi connectivity index (χ4n) is 4.60. The van der Waals surface area contributed by atoms with Crippen molar-refractivity contribution in [3.63, 3.8) is 0 Å². The number of hydrogen-bond acceptors (Lipinski definition) is 4. The second kappa shape index (κ2) is 7.77. The summed E-state index contributed by atoms with van der Waals surface area (Å²) >= 11 is 0. The standard InChI is InChI=1S/C21H29N3O2/c1-16(2)24-15-21(12-19(24)14-26-3)7-9-23(10-8-21)20(25)18-6-4-5-17(11-18)13-22/h4-6,11,16,19H,7-10,12,14-15H2,1-3H3. The Kier molecular flexibility index (Phi) is 5.64. The molecule has 0 N–H and O–H groups in total. The third kappa shape index (κ3) is 3.77. The molecule has 3 rings (SSSR count). The average molecular weight is 355 g/mol. The molecule has 0 radical (unpaired) electrons. The van der Waals surface area contributed by atoms with Crippen LogP contribution in [0.3, 0.4) is 0 Å².